The van der Waals surface area contributed by atoms with E-state index >= 15 is 0 Å². The minimum absolute atomic E-state index is 0.0452. The number of halogens is 6. The minimum atomic E-state index is -5.07. The molecule has 0 fully saturated rings. The van der Waals surface area contributed by atoms with Gasteiger partial charge in [0.05, 0.1) is 42.7 Å². The maximum atomic E-state index is 13.1. The van der Waals surface area contributed by atoms with Crippen molar-refractivity contribution in [2.24, 2.45) is 5.10 Å². The molecule has 1 atom stereocenters. The molecule has 0 aliphatic rings. The van der Waals surface area contributed by atoms with Gasteiger partial charge in [0.15, 0.2) is 0 Å². The number of aromatic nitrogens is 2. The number of hydrogen-bond acceptors (Lipinski definition) is 6. The predicted molar refractivity (Wildman–Crippen MR) is 122 cm³/mol. The smallest absolute Gasteiger partial charge is 0.416 e. The third-order valence-corrected chi connectivity index (χ3v) is 5.08. The summed E-state index contributed by atoms with van der Waals surface area (Å²) in [6.45, 7) is 1.84. The number of carbonyl (C=O) groups is 1. The van der Waals surface area contributed by atoms with Gasteiger partial charge in [-0.3, -0.25) is 14.8 Å². The largest absolute Gasteiger partial charge is 0.497 e. The topological polar surface area (TPSA) is 88.5 Å². The van der Waals surface area contributed by atoms with E-state index in [0.717, 1.165) is 5.56 Å². The number of amides is 1. The Morgan fingerprint density at radius 1 is 1.00 bits per heavy atom. The highest BCUT2D eigenvalue weighted by molar-refractivity contribution is 5.95. The Morgan fingerprint density at radius 2 is 1.59 bits per heavy atom. The highest BCUT2D eigenvalue weighted by Gasteiger charge is 2.37. The number of hydrogen-bond donors (Lipinski definition) is 2. The van der Waals surface area contributed by atoms with Crippen LogP contribution in [0.25, 0.3) is 0 Å². The summed E-state index contributed by atoms with van der Waals surface area (Å²) in [7, 11) is 1.55. The molecule has 2 N–H and O–H groups in total. The van der Waals surface area contributed by atoms with E-state index < -0.39 is 41.0 Å². The van der Waals surface area contributed by atoms with Crippen molar-refractivity contribution < 1.29 is 35.9 Å². The summed E-state index contributed by atoms with van der Waals surface area (Å²) < 4.78 is 83.8. The monoisotopic (exact) mass is 525 g/mol. The van der Waals surface area contributed by atoms with Gasteiger partial charge in [0.1, 0.15) is 11.4 Å². The molecule has 1 unspecified atom stereocenters. The number of nitrogens with zero attached hydrogens (tertiary/aromatic N) is 3. The van der Waals surface area contributed by atoms with E-state index in [1.807, 2.05) is 12.1 Å². The maximum Gasteiger partial charge on any atom is 0.416 e. The van der Waals surface area contributed by atoms with E-state index in [1.165, 1.54) is 25.5 Å². The van der Waals surface area contributed by atoms with Gasteiger partial charge in [-0.1, -0.05) is 12.1 Å². The molecule has 13 heteroatoms. The first-order valence-corrected chi connectivity index (χ1v) is 10.7. The number of methoxy groups -OCH3 is 1. The van der Waals surface area contributed by atoms with Crippen LogP contribution in [0.4, 0.5) is 26.3 Å². The lowest BCUT2D eigenvalue weighted by Crippen LogP contribution is -2.29. The predicted octanol–water partition coefficient (Wildman–Crippen LogP) is 5.14. The molecule has 0 aliphatic heterocycles. The normalized spacial score (nSPS) is 12.9. The van der Waals surface area contributed by atoms with E-state index in [9.17, 15) is 31.1 Å². The van der Waals surface area contributed by atoms with E-state index in [0.29, 0.717) is 24.4 Å². The van der Waals surface area contributed by atoms with E-state index in [4.69, 9.17) is 4.74 Å². The van der Waals surface area contributed by atoms with Gasteiger partial charge in [0, 0.05) is 18.0 Å². The molecule has 1 amide bonds. The first kappa shape index (κ1) is 27.4. The second kappa shape index (κ2) is 11.3. The van der Waals surface area contributed by atoms with Gasteiger partial charge in [-0.2, -0.15) is 31.4 Å². The van der Waals surface area contributed by atoms with Crippen LogP contribution in [0.2, 0.25) is 0 Å². The fourth-order valence-electron chi connectivity index (χ4n) is 3.21. The molecule has 0 saturated heterocycles. The van der Waals surface area contributed by atoms with Gasteiger partial charge in [-0.25, -0.2) is 0 Å². The van der Waals surface area contributed by atoms with Crippen molar-refractivity contribution in [2.45, 2.75) is 31.9 Å². The lowest BCUT2D eigenvalue weighted by atomic mass is 10.0. The number of rotatable bonds is 8. The van der Waals surface area contributed by atoms with Gasteiger partial charge in [0.2, 0.25) is 0 Å². The van der Waals surface area contributed by atoms with Gasteiger partial charge < -0.3 is 15.5 Å². The fraction of sp³-hybridized carbons (Fsp3) is 0.250. The minimum Gasteiger partial charge on any atom is -0.497 e. The molecule has 0 bridgehead atoms. The van der Waals surface area contributed by atoms with Crippen molar-refractivity contribution in [3.63, 3.8) is 0 Å². The van der Waals surface area contributed by atoms with Gasteiger partial charge in [-0.15, -0.1) is 0 Å². The summed E-state index contributed by atoms with van der Waals surface area (Å²) in [6, 6.07) is 7.00. The number of nitrogens with one attached hydrogen (secondary N) is 2. The van der Waals surface area contributed by atoms with Crippen LogP contribution in [0, 0.1) is 0 Å². The van der Waals surface area contributed by atoms with Crippen molar-refractivity contribution in [2.75, 3.05) is 7.11 Å². The molecule has 3 aromatic rings. The summed E-state index contributed by atoms with van der Waals surface area (Å²) >= 11 is 0. The highest BCUT2D eigenvalue weighted by atomic mass is 19.4. The van der Waals surface area contributed by atoms with Crippen LogP contribution in [-0.4, -0.2) is 29.2 Å². The summed E-state index contributed by atoms with van der Waals surface area (Å²) in [5.41, 5.74) is 0.200. The SMILES string of the molecule is COc1ccc(CN/N=C\c2nccnc2C(C)NC(=O)c2cc(C(F)(F)F)cc(C(F)(F)F)c2)cc1. The van der Waals surface area contributed by atoms with Crippen molar-refractivity contribution in [3.05, 3.63) is 88.5 Å². The van der Waals surface area contributed by atoms with Crippen LogP contribution in [0.15, 0.2) is 60.0 Å². The lowest BCUT2D eigenvalue weighted by Gasteiger charge is -2.17. The Morgan fingerprint density at radius 3 is 2.16 bits per heavy atom. The number of alkyl halides is 6. The molecule has 37 heavy (non-hydrogen) atoms. The molecule has 0 saturated carbocycles. The Labute approximate surface area is 207 Å². The first-order valence-electron chi connectivity index (χ1n) is 10.7. The summed E-state index contributed by atoms with van der Waals surface area (Å²) in [5.74, 6) is -0.442. The van der Waals surface area contributed by atoms with Crippen LogP contribution in [-0.2, 0) is 18.9 Å². The first-order chi connectivity index (χ1) is 17.4. The van der Waals surface area contributed by atoms with Gasteiger partial charge in [-0.05, 0) is 42.8 Å². The molecular formula is C24H21F6N5O2. The molecule has 0 radical (unpaired) electrons. The molecule has 1 aromatic heterocycles. The zero-order valence-electron chi connectivity index (χ0n) is 19.5. The maximum absolute atomic E-state index is 13.1. The molecule has 7 nitrogen and oxygen atoms in total. The van der Waals surface area contributed by atoms with Crippen LogP contribution >= 0.6 is 0 Å². The molecule has 3 rings (SSSR count). The summed E-state index contributed by atoms with van der Waals surface area (Å²) in [4.78, 5) is 20.9. The quantitative estimate of drug-likeness (QED) is 0.242. The Balaban J connectivity index is 1.74. The van der Waals surface area contributed by atoms with Gasteiger partial charge >= 0.3 is 12.4 Å². The standard InChI is InChI=1S/C24H21F6N5O2/c1-14(35-22(36)16-9-17(23(25,26)27)11-18(10-16)24(28,29)30)21-20(31-7-8-32-21)13-34-33-12-15-3-5-19(37-2)6-4-15/h3-11,13-14,33H,12H2,1-2H3,(H,35,36)/b34-13-. The van der Waals surface area contributed by atoms with Gasteiger partial charge in [0.25, 0.3) is 5.91 Å². The zero-order chi connectivity index (χ0) is 27.2. The summed E-state index contributed by atoms with van der Waals surface area (Å²) in [6.07, 6.45) is -6.12. The second-order valence-corrected chi connectivity index (χ2v) is 7.76. The lowest BCUT2D eigenvalue weighted by molar-refractivity contribution is -0.143. The third kappa shape index (κ3) is 7.41. The molecule has 0 aliphatic carbocycles. The molecule has 2 aromatic carbocycles. The number of benzene rings is 2. The third-order valence-electron chi connectivity index (χ3n) is 5.08. The van der Waals surface area contributed by atoms with Crippen molar-refractivity contribution in [3.8, 4) is 5.75 Å². The zero-order valence-corrected chi connectivity index (χ0v) is 19.5. The average Bonchev–Trinajstić information content (AvgIpc) is 2.85. The number of ether oxygens (including phenoxy) is 1. The number of carbonyl (C=O) groups excluding carboxylic acids is 1. The summed E-state index contributed by atoms with van der Waals surface area (Å²) in [5, 5.41) is 6.43. The average molecular weight is 525 g/mol. The van der Waals surface area contributed by atoms with Crippen molar-refractivity contribution in [1.29, 1.82) is 0 Å². The molecular weight excluding hydrogens is 504 g/mol. The van der Waals surface area contributed by atoms with Crippen LogP contribution in [0.3, 0.4) is 0 Å². The van der Waals surface area contributed by atoms with Crippen molar-refractivity contribution in [1.82, 2.24) is 20.7 Å². The number of hydrazone groups is 1. The Kier molecular flexibility index (Phi) is 8.35. The highest BCUT2D eigenvalue weighted by Crippen LogP contribution is 2.36. The Hall–Kier alpha value is -4.16. The fourth-order valence-corrected chi connectivity index (χ4v) is 3.21. The van der Waals surface area contributed by atoms with E-state index in [-0.39, 0.29) is 17.5 Å². The molecule has 196 valence electrons. The molecule has 0 spiro atoms. The second-order valence-electron chi connectivity index (χ2n) is 7.76. The van der Waals surface area contributed by atoms with Crippen LogP contribution in [0.5, 0.6) is 5.75 Å². The van der Waals surface area contributed by atoms with Crippen LogP contribution in [0.1, 0.15) is 51.4 Å². The van der Waals surface area contributed by atoms with Crippen LogP contribution < -0.4 is 15.5 Å². The van der Waals surface area contributed by atoms with E-state index in [2.05, 4.69) is 25.8 Å². The van der Waals surface area contributed by atoms with Crippen molar-refractivity contribution >= 4 is 12.1 Å². The molecule has 1 heterocycles. The van der Waals surface area contributed by atoms with E-state index in [1.54, 1.807) is 19.2 Å². The Bertz CT molecular complexity index is 1230.